The third kappa shape index (κ3) is 3.76. The fourth-order valence-electron chi connectivity index (χ4n) is 2.15. The fourth-order valence-corrected chi connectivity index (χ4v) is 2.58. The van der Waals surface area contributed by atoms with Crippen molar-refractivity contribution >= 4 is 28.5 Å². The van der Waals surface area contributed by atoms with Gasteiger partial charge in [-0.15, -0.1) is 0 Å². The van der Waals surface area contributed by atoms with E-state index in [0.29, 0.717) is 3.57 Å². The highest BCUT2D eigenvalue weighted by molar-refractivity contribution is 14.1. The van der Waals surface area contributed by atoms with Crippen LogP contribution < -0.4 is 16.6 Å². The van der Waals surface area contributed by atoms with Crippen LogP contribution in [0.25, 0.3) is 0 Å². The summed E-state index contributed by atoms with van der Waals surface area (Å²) >= 11 is 1.82. The molecule has 0 saturated carbocycles. The lowest BCUT2D eigenvalue weighted by molar-refractivity contribution is -0.125. The van der Waals surface area contributed by atoms with E-state index in [1.165, 1.54) is 10.8 Å². The van der Waals surface area contributed by atoms with E-state index < -0.39 is 29.7 Å². The van der Waals surface area contributed by atoms with Crippen molar-refractivity contribution in [3.05, 3.63) is 30.6 Å². The Hall–Kier alpha value is -1.20. The number of aliphatic hydroxyl groups is 1. The molecular weight excluding hydrogens is 405 g/mol. The molecule has 1 fully saturated rings. The number of nitrogens with one attached hydrogen (secondary N) is 2. The van der Waals surface area contributed by atoms with Gasteiger partial charge >= 0.3 is 5.69 Å². The number of amides is 1. The number of aromatic nitrogens is 2. The zero-order chi connectivity index (χ0) is 16.4. The third-order valence-corrected chi connectivity index (χ3v) is 4.21. The Kier molecular flexibility index (Phi) is 5.40. The average Bonchev–Trinajstić information content (AvgIpc) is 2.81. The predicted molar refractivity (Wildman–Crippen MR) is 86.4 cm³/mol. The second kappa shape index (κ2) is 6.92. The van der Waals surface area contributed by atoms with Crippen molar-refractivity contribution in [1.29, 1.82) is 0 Å². The smallest absolute Gasteiger partial charge is 0.330 e. The zero-order valence-electron chi connectivity index (χ0n) is 12.2. The second-order valence-corrected chi connectivity index (χ2v) is 6.64. The maximum Gasteiger partial charge on any atom is 0.330 e. The SMILES string of the molecule is CC(C)C(=O)NC[C@H]1O[C@@H](n2cc(I)c(=O)[nH]c2=O)C[C@@H]1O. The summed E-state index contributed by atoms with van der Waals surface area (Å²) in [6.45, 7) is 3.71. The average molecular weight is 423 g/mol. The molecule has 1 aromatic rings. The van der Waals surface area contributed by atoms with Crippen molar-refractivity contribution in [3.63, 3.8) is 0 Å². The van der Waals surface area contributed by atoms with Crippen molar-refractivity contribution < 1.29 is 14.6 Å². The van der Waals surface area contributed by atoms with E-state index in [1.54, 1.807) is 13.8 Å². The van der Waals surface area contributed by atoms with E-state index >= 15 is 0 Å². The van der Waals surface area contributed by atoms with Gasteiger partial charge in [0.1, 0.15) is 12.3 Å². The first kappa shape index (κ1) is 17.2. The van der Waals surface area contributed by atoms with Crippen LogP contribution in [0.15, 0.2) is 15.8 Å². The Balaban J connectivity index is 2.08. The number of aliphatic hydroxyl groups excluding tert-OH is 1. The molecule has 1 saturated heterocycles. The minimum Gasteiger partial charge on any atom is -0.390 e. The van der Waals surface area contributed by atoms with E-state index in [2.05, 4.69) is 10.3 Å². The molecule has 0 aliphatic carbocycles. The number of carbonyl (C=O) groups excluding carboxylic acids is 1. The zero-order valence-corrected chi connectivity index (χ0v) is 14.4. The fraction of sp³-hybridized carbons (Fsp3) is 0.615. The van der Waals surface area contributed by atoms with Crippen LogP contribution in [0.3, 0.4) is 0 Å². The van der Waals surface area contributed by atoms with Gasteiger partial charge in [0.15, 0.2) is 0 Å². The van der Waals surface area contributed by atoms with E-state index in [-0.39, 0.29) is 24.8 Å². The number of hydrogen-bond acceptors (Lipinski definition) is 5. The topological polar surface area (TPSA) is 113 Å². The van der Waals surface area contributed by atoms with Crippen molar-refractivity contribution in [2.45, 2.75) is 38.7 Å². The van der Waals surface area contributed by atoms with Gasteiger partial charge in [-0.3, -0.25) is 19.1 Å². The third-order valence-electron chi connectivity index (χ3n) is 3.44. The normalized spacial score (nSPS) is 24.7. The van der Waals surface area contributed by atoms with Gasteiger partial charge in [-0.2, -0.15) is 0 Å². The summed E-state index contributed by atoms with van der Waals surface area (Å²) in [5.41, 5.74) is -1.05. The molecule has 0 aromatic carbocycles. The molecule has 122 valence electrons. The molecule has 22 heavy (non-hydrogen) atoms. The number of hydrogen-bond donors (Lipinski definition) is 3. The molecule has 1 amide bonds. The number of aromatic amines is 1. The summed E-state index contributed by atoms with van der Waals surface area (Å²) in [6, 6.07) is 0. The second-order valence-electron chi connectivity index (χ2n) is 5.48. The Morgan fingerprint density at radius 2 is 2.27 bits per heavy atom. The Bertz CT molecular complexity index is 668. The van der Waals surface area contributed by atoms with Crippen molar-refractivity contribution in [2.24, 2.45) is 5.92 Å². The largest absolute Gasteiger partial charge is 0.390 e. The van der Waals surface area contributed by atoms with Crippen LogP contribution in [0, 0.1) is 9.49 Å². The Morgan fingerprint density at radius 1 is 1.59 bits per heavy atom. The van der Waals surface area contributed by atoms with Crippen LogP contribution in [0.2, 0.25) is 0 Å². The van der Waals surface area contributed by atoms with Gasteiger partial charge in [0.05, 0.1) is 9.67 Å². The molecule has 0 radical (unpaired) electrons. The molecule has 3 N–H and O–H groups in total. The minimum absolute atomic E-state index is 0.130. The van der Waals surface area contributed by atoms with E-state index in [9.17, 15) is 19.5 Å². The van der Waals surface area contributed by atoms with Crippen molar-refractivity contribution in [1.82, 2.24) is 14.9 Å². The van der Waals surface area contributed by atoms with Crippen molar-refractivity contribution in [3.8, 4) is 0 Å². The molecule has 3 atom stereocenters. The van der Waals surface area contributed by atoms with Gasteiger partial charge in [-0.1, -0.05) is 13.8 Å². The number of halogens is 1. The standard InChI is InChI=1S/C13H18IN3O5/c1-6(2)11(19)15-4-9-8(18)3-10(22-9)17-5-7(14)12(20)16-13(17)21/h5-6,8-10,18H,3-4H2,1-2H3,(H,15,19)(H,16,20,21)/t8-,9+,10+/m0/s1. The highest BCUT2D eigenvalue weighted by Crippen LogP contribution is 2.27. The molecule has 0 bridgehead atoms. The van der Waals surface area contributed by atoms with Gasteiger partial charge in [0, 0.05) is 25.1 Å². The van der Waals surface area contributed by atoms with Crippen LogP contribution in [-0.4, -0.2) is 39.3 Å². The first-order valence-electron chi connectivity index (χ1n) is 6.91. The maximum atomic E-state index is 11.8. The van der Waals surface area contributed by atoms with Gasteiger partial charge in [-0.25, -0.2) is 4.79 Å². The number of ether oxygens (including phenoxy) is 1. The number of carbonyl (C=O) groups is 1. The molecule has 1 aromatic heterocycles. The van der Waals surface area contributed by atoms with Gasteiger partial charge in [-0.05, 0) is 22.6 Å². The summed E-state index contributed by atoms with van der Waals surface area (Å²) in [7, 11) is 0. The van der Waals surface area contributed by atoms with Crippen LogP contribution >= 0.6 is 22.6 Å². The molecule has 1 aliphatic rings. The minimum atomic E-state index is -0.797. The molecule has 9 heteroatoms. The first-order chi connectivity index (χ1) is 10.3. The molecule has 0 unspecified atom stereocenters. The number of H-pyrrole nitrogens is 1. The van der Waals surface area contributed by atoms with Crippen LogP contribution in [0.5, 0.6) is 0 Å². The lowest BCUT2D eigenvalue weighted by Gasteiger charge is -2.17. The molecular formula is C13H18IN3O5. The summed E-state index contributed by atoms with van der Waals surface area (Å²) < 4.78 is 7.24. The van der Waals surface area contributed by atoms with Crippen LogP contribution in [0.4, 0.5) is 0 Å². The highest BCUT2D eigenvalue weighted by atomic mass is 127. The van der Waals surface area contributed by atoms with Gasteiger partial charge in [0.2, 0.25) is 5.91 Å². The number of rotatable bonds is 4. The molecule has 0 spiro atoms. The maximum absolute atomic E-state index is 11.8. The van der Waals surface area contributed by atoms with Gasteiger partial charge < -0.3 is 15.2 Å². The Labute approximate surface area is 140 Å². The van der Waals surface area contributed by atoms with Crippen molar-refractivity contribution in [2.75, 3.05) is 6.54 Å². The predicted octanol–water partition coefficient (Wildman–Crippen LogP) is -0.438. The van der Waals surface area contributed by atoms with Gasteiger partial charge in [0.25, 0.3) is 5.56 Å². The van der Waals surface area contributed by atoms with Crippen LogP contribution in [0.1, 0.15) is 26.5 Å². The highest BCUT2D eigenvalue weighted by Gasteiger charge is 2.35. The first-order valence-corrected chi connectivity index (χ1v) is 7.99. The lowest BCUT2D eigenvalue weighted by Crippen LogP contribution is -2.39. The van der Waals surface area contributed by atoms with Crippen LogP contribution in [-0.2, 0) is 9.53 Å². The Morgan fingerprint density at radius 3 is 2.91 bits per heavy atom. The number of nitrogens with zero attached hydrogens (tertiary/aromatic N) is 1. The molecule has 8 nitrogen and oxygen atoms in total. The van der Waals surface area contributed by atoms with E-state index in [0.717, 1.165) is 0 Å². The summed E-state index contributed by atoms with van der Waals surface area (Å²) in [4.78, 5) is 36.9. The monoisotopic (exact) mass is 423 g/mol. The quantitative estimate of drug-likeness (QED) is 0.569. The molecule has 2 heterocycles. The summed E-state index contributed by atoms with van der Waals surface area (Å²) in [5, 5.41) is 12.7. The summed E-state index contributed by atoms with van der Waals surface area (Å²) in [5.74, 6) is -0.284. The summed E-state index contributed by atoms with van der Waals surface area (Å²) in [6.07, 6.45) is -0.453. The molecule has 1 aliphatic heterocycles. The van der Waals surface area contributed by atoms with E-state index in [1.807, 2.05) is 22.6 Å². The molecule has 2 rings (SSSR count). The lowest BCUT2D eigenvalue weighted by atomic mass is 10.1. The van der Waals surface area contributed by atoms with E-state index in [4.69, 9.17) is 4.74 Å².